The zero-order valence-electron chi connectivity index (χ0n) is 14.3. The van der Waals surface area contributed by atoms with Gasteiger partial charge in [0.1, 0.15) is 5.60 Å². The normalized spacial score (nSPS) is 15.3. The van der Waals surface area contributed by atoms with Crippen LogP contribution in [0.25, 0.3) is 0 Å². The summed E-state index contributed by atoms with van der Waals surface area (Å²) in [5.74, 6) is -0.630. The largest absolute Gasteiger partial charge is 0.393 e. The highest BCUT2D eigenvalue weighted by Crippen LogP contribution is 2.11. The number of rotatable bonds is 14. The van der Waals surface area contributed by atoms with Gasteiger partial charge in [0.2, 0.25) is 0 Å². The highest BCUT2D eigenvalue weighted by atomic mass is 16.4. The number of carbonyl (C=O) groups is 1. The first-order chi connectivity index (χ1) is 10.5. The van der Waals surface area contributed by atoms with E-state index in [0.29, 0.717) is 6.54 Å². The molecule has 0 radical (unpaired) electrons. The van der Waals surface area contributed by atoms with E-state index in [9.17, 15) is 15.0 Å². The van der Waals surface area contributed by atoms with Gasteiger partial charge in [0.25, 0.3) is 5.91 Å². The Balaban J connectivity index is 3.44. The van der Waals surface area contributed by atoms with Gasteiger partial charge < -0.3 is 20.6 Å². The Morgan fingerprint density at radius 3 is 1.91 bits per heavy atom. The molecule has 2 unspecified atom stereocenters. The molecule has 0 saturated carbocycles. The molecule has 22 heavy (non-hydrogen) atoms. The lowest BCUT2D eigenvalue weighted by atomic mass is 10.00. The van der Waals surface area contributed by atoms with Crippen molar-refractivity contribution in [3.8, 4) is 0 Å². The maximum absolute atomic E-state index is 11.6. The van der Waals surface area contributed by atoms with Crippen LogP contribution in [-0.2, 0) is 4.79 Å². The fraction of sp³-hybridized carbons (Fsp3) is 0.941. The number of hydrogen-bond donors (Lipinski definition) is 4. The molecule has 0 aliphatic rings. The second kappa shape index (κ2) is 12.9. The Kier molecular flexibility index (Phi) is 12.5. The number of amides is 1. The SMILES string of the molecule is CCCCCCCCCCCCNC(=O)C(O)C(C)(O)CO. The quantitative estimate of drug-likeness (QED) is 0.369. The third-order valence-electron chi connectivity index (χ3n) is 3.99. The van der Waals surface area contributed by atoms with Gasteiger partial charge in [0, 0.05) is 6.54 Å². The van der Waals surface area contributed by atoms with Gasteiger partial charge in [0.15, 0.2) is 6.10 Å². The third-order valence-corrected chi connectivity index (χ3v) is 3.99. The summed E-state index contributed by atoms with van der Waals surface area (Å²) in [7, 11) is 0. The zero-order valence-corrected chi connectivity index (χ0v) is 14.3. The monoisotopic (exact) mass is 317 g/mol. The first-order valence-electron chi connectivity index (χ1n) is 8.74. The fourth-order valence-corrected chi connectivity index (χ4v) is 2.29. The summed E-state index contributed by atoms with van der Waals surface area (Å²) < 4.78 is 0. The Morgan fingerprint density at radius 2 is 1.45 bits per heavy atom. The van der Waals surface area contributed by atoms with E-state index in [4.69, 9.17) is 5.11 Å². The summed E-state index contributed by atoms with van der Waals surface area (Å²) in [6.45, 7) is 3.30. The van der Waals surface area contributed by atoms with E-state index in [1.807, 2.05) is 0 Å². The maximum atomic E-state index is 11.6. The summed E-state index contributed by atoms with van der Waals surface area (Å²) in [5, 5.41) is 30.6. The van der Waals surface area contributed by atoms with E-state index < -0.39 is 24.2 Å². The van der Waals surface area contributed by atoms with Crippen molar-refractivity contribution in [2.24, 2.45) is 0 Å². The van der Waals surface area contributed by atoms with Gasteiger partial charge in [-0.05, 0) is 13.3 Å². The number of hydrogen-bond acceptors (Lipinski definition) is 4. The summed E-state index contributed by atoms with van der Waals surface area (Å²) in [4.78, 5) is 11.6. The molecule has 0 spiro atoms. The molecule has 0 heterocycles. The molecule has 0 saturated heterocycles. The van der Waals surface area contributed by atoms with Crippen LogP contribution >= 0.6 is 0 Å². The van der Waals surface area contributed by atoms with Crippen LogP contribution in [0, 0.1) is 0 Å². The first kappa shape index (κ1) is 21.4. The molecular formula is C17H35NO4. The zero-order chi connectivity index (χ0) is 16.8. The van der Waals surface area contributed by atoms with Crippen LogP contribution < -0.4 is 5.32 Å². The molecule has 0 fully saturated rings. The average molecular weight is 317 g/mol. The van der Waals surface area contributed by atoms with Crippen molar-refractivity contribution in [3.05, 3.63) is 0 Å². The van der Waals surface area contributed by atoms with E-state index in [1.165, 1.54) is 58.3 Å². The van der Waals surface area contributed by atoms with Gasteiger partial charge in [-0.2, -0.15) is 0 Å². The number of aliphatic hydroxyl groups is 3. The molecular weight excluding hydrogens is 282 g/mol. The van der Waals surface area contributed by atoms with Crippen molar-refractivity contribution >= 4 is 5.91 Å². The molecule has 0 aromatic carbocycles. The Bertz CT molecular complexity index is 282. The van der Waals surface area contributed by atoms with Crippen molar-refractivity contribution in [2.45, 2.75) is 89.8 Å². The number of unbranched alkanes of at least 4 members (excludes halogenated alkanes) is 9. The predicted octanol–water partition coefficient (Wildman–Crippen LogP) is 2.13. The smallest absolute Gasteiger partial charge is 0.251 e. The summed E-state index contributed by atoms with van der Waals surface area (Å²) >= 11 is 0. The molecule has 5 nitrogen and oxygen atoms in total. The molecule has 2 atom stereocenters. The second-order valence-corrected chi connectivity index (χ2v) is 6.39. The number of nitrogens with one attached hydrogen (secondary N) is 1. The Hall–Kier alpha value is -0.650. The summed E-state index contributed by atoms with van der Waals surface area (Å²) in [5.41, 5.74) is -1.79. The van der Waals surface area contributed by atoms with Gasteiger partial charge in [-0.25, -0.2) is 0 Å². The molecule has 4 N–H and O–H groups in total. The minimum Gasteiger partial charge on any atom is -0.393 e. The molecule has 0 aromatic rings. The van der Waals surface area contributed by atoms with Crippen LogP contribution in [0.1, 0.15) is 78.1 Å². The molecule has 0 bridgehead atoms. The van der Waals surface area contributed by atoms with E-state index in [0.717, 1.165) is 12.8 Å². The summed E-state index contributed by atoms with van der Waals surface area (Å²) in [6, 6.07) is 0. The Labute approximate surface area is 135 Å². The van der Waals surface area contributed by atoms with Crippen molar-refractivity contribution < 1.29 is 20.1 Å². The fourth-order valence-electron chi connectivity index (χ4n) is 2.29. The highest BCUT2D eigenvalue weighted by molar-refractivity contribution is 5.81. The second-order valence-electron chi connectivity index (χ2n) is 6.39. The molecule has 132 valence electrons. The minimum absolute atomic E-state index is 0.494. The lowest BCUT2D eigenvalue weighted by Crippen LogP contribution is -2.51. The molecule has 0 aliphatic heterocycles. The lowest BCUT2D eigenvalue weighted by Gasteiger charge is -2.25. The van der Waals surface area contributed by atoms with Crippen LogP contribution in [0.2, 0.25) is 0 Å². The van der Waals surface area contributed by atoms with Gasteiger partial charge in [-0.1, -0.05) is 64.7 Å². The van der Waals surface area contributed by atoms with Crippen LogP contribution in [0.4, 0.5) is 0 Å². The minimum atomic E-state index is -1.79. The highest BCUT2D eigenvalue weighted by Gasteiger charge is 2.34. The standard InChI is InChI=1S/C17H35NO4/c1-3-4-5-6-7-8-9-10-11-12-13-18-16(21)15(20)17(2,22)14-19/h15,19-20,22H,3-14H2,1-2H3,(H,18,21). The van der Waals surface area contributed by atoms with Crippen LogP contribution in [0.5, 0.6) is 0 Å². The Morgan fingerprint density at radius 1 is 1.00 bits per heavy atom. The van der Waals surface area contributed by atoms with E-state index in [-0.39, 0.29) is 0 Å². The third kappa shape index (κ3) is 10.1. The predicted molar refractivity (Wildman–Crippen MR) is 88.6 cm³/mol. The van der Waals surface area contributed by atoms with Gasteiger partial charge in [0.05, 0.1) is 6.61 Å². The van der Waals surface area contributed by atoms with Gasteiger partial charge >= 0.3 is 0 Å². The van der Waals surface area contributed by atoms with E-state index in [1.54, 1.807) is 0 Å². The van der Waals surface area contributed by atoms with Gasteiger partial charge in [-0.3, -0.25) is 4.79 Å². The maximum Gasteiger partial charge on any atom is 0.251 e. The molecule has 1 amide bonds. The van der Waals surface area contributed by atoms with Crippen molar-refractivity contribution in [1.82, 2.24) is 5.32 Å². The number of aliphatic hydroxyl groups excluding tert-OH is 2. The first-order valence-corrected chi connectivity index (χ1v) is 8.74. The van der Waals surface area contributed by atoms with Crippen molar-refractivity contribution in [1.29, 1.82) is 0 Å². The average Bonchev–Trinajstić information content (AvgIpc) is 2.51. The summed E-state index contributed by atoms with van der Waals surface area (Å²) in [6.07, 6.45) is 10.7. The molecule has 0 aliphatic carbocycles. The van der Waals surface area contributed by atoms with Crippen LogP contribution in [0.3, 0.4) is 0 Å². The van der Waals surface area contributed by atoms with Gasteiger partial charge in [-0.15, -0.1) is 0 Å². The topological polar surface area (TPSA) is 89.8 Å². The van der Waals surface area contributed by atoms with Crippen molar-refractivity contribution in [3.63, 3.8) is 0 Å². The van der Waals surface area contributed by atoms with E-state index in [2.05, 4.69) is 12.2 Å². The van der Waals surface area contributed by atoms with E-state index >= 15 is 0 Å². The number of carbonyl (C=O) groups excluding carboxylic acids is 1. The van der Waals surface area contributed by atoms with Crippen LogP contribution in [-0.4, -0.2) is 46.1 Å². The lowest BCUT2D eigenvalue weighted by molar-refractivity contribution is -0.148. The molecule has 5 heteroatoms. The van der Waals surface area contributed by atoms with Crippen molar-refractivity contribution in [2.75, 3.05) is 13.2 Å². The molecule has 0 aromatic heterocycles. The molecule has 0 rings (SSSR count). The van der Waals surface area contributed by atoms with Crippen LogP contribution in [0.15, 0.2) is 0 Å².